The molecule has 0 aromatic carbocycles. The summed E-state index contributed by atoms with van der Waals surface area (Å²) in [4.78, 5) is 20.3. The van der Waals surface area contributed by atoms with Gasteiger partial charge >= 0.3 is 0 Å². The molecule has 1 amide bonds. The van der Waals surface area contributed by atoms with E-state index >= 15 is 0 Å². The van der Waals surface area contributed by atoms with Crippen molar-refractivity contribution in [1.82, 2.24) is 5.32 Å². The van der Waals surface area contributed by atoms with Crippen LogP contribution in [0.25, 0.3) is 0 Å². The minimum Gasteiger partial charge on any atom is -0.384 e. The molecule has 10 heavy (non-hydrogen) atoms. The summed E-state index contributed by atoms with van der Waals surface area (Å²) < 4.78 is 0. The van der Waals surface area contributed by atoms with Gasteiger partial charge in [0.25, 0.3) is 0 Å². The third-order valence-corrected chi connectivity index (χ3v) is 0.716. The van der Waals surface area contributed by atoms with Crippen LogP contribution in [0.5, 0.6) is 0 Å². The average Bonchev–Trinajstić information content (AvgIpc) is 1.79. The van der Waals surface area contributed by atoms with Crippen molar-refractivity contribution in [3.05, 3.63) is 12.3 Å². The van der Waals surface area contributed by atoms with Crippen LogP contribution in [0.15, 0.2) is 12.3 Å². The first-order valence-electron chi connectivity index (χ1n) is 2.81. The number of ketones is 1. The van der Waals surface area contributed by atoms with Crippen LogP contribution in [-0.4, -0.2) is 18.2 Å². The van der Waals surface area contributed by atoms with Crippen molar-refractivity contribution in [3.8, 4) is 0 Å². The predicted molar refractivity (Wildman–Crippen MR) is 37.0 cm³/mol. The molecule has 0 heterocycles. The molecule has 0 unspecified atom stereocenters. The summed E-state index contributed by atoms with van der Waals surface area (Å²) in [6.07, 6.45) is 2.51. The van der Waals surface area contributed by atoms with E-state index < -0.39 is 5.91 Å². The normalized spacial score (nSPS) is 9.70. The van der Waals surface area contributed by atoms with E-state index in [1.807, 2.05) is 0 Å². The van der Waals surface area contributed by atoms with E-state index in [0.29, 0.717) is 0 Å². The molecule has 0 atom stereocenters. The van der Waals surface area contributed by atoms with Crippen molar-refractivity contribution >= 4 is 11.7 Å². The minimum atomic E-state index is -0.531. The zero-order chi connectivity index (χ0) is 7.98. The summed E-state index contributed by atoms with van der Waals surface area (Å²) in [7, 11) is 0. The van der Waals surface area contributed by atoms with Crippen molar-refractivity contribution in [3.63, 3.8) is 0 Å². The Hall–Kier alpha value is -1.32. The fourth-order valence-corrected chi connectivity index (χ4v) is 0.344. The molecule has 0 spiro atoms. The van der Waals surface area contributed by atoms with E-state index in [0.717, 1.165) is 6.08 Å². The maximum atomic E-state index is 10.3. The standard InChI is InChI=1S/C6H10N2O2/c1-5(9)4-8-3-2-6(7)10/h2-3,8H,4H2,1H3,(H2,7,10)/b3-2-. The Morgan fingerprint density at radius 2 is 2.20 bits per heavy atom. The molecule has 3 N–H and O–H groups in total. The van der Waals surface area contributed by atoms with Gasteiger partial charge in [-0.2, -0.15) is 0 Å². The fraction of sp³-hybridized carbons (Fsp3) is 0.333. The molecule has 0 saturated heterocycles. The highest BCUT2D eigenvalue weighted by Gasteiger charge is 1.86. The van der Waals surface area contributed by atoms with Gasteiger partial charge < -0.3 is 11.1 Å². The smallest absolute Gasteiger partial charge is 0.242 e. The summed E-state index contributed by atoms with van der Waals surface area (Å²) in [5, 5.41) is 2.59. The summed E-state index contributed by atoms with van der Waals surface area (Å²) in [5.41, 5.74) is 4.76. The molecule has 0 aliphatic carbocycles. The lowest BCUT2D eigenvalue weighted by molar-refractivity contribution is -0.116. The van der Waals surface area contributed by atoms with Crippen LogP contribution in [0.2, 0.25) is 0 Å². The topological polar surface area (TPSA) is 72.2 Å². The molecule has 0 radical (unpaired) electrons. The Kier molecular flexibility index (Phi) is 3.95. The largest absolute Gasteiger partial charge is 0.384 e. The summed E-state index contributed by atoms with van der Waals surface area (Å²) in [5.74, 6) is -0.523. The van der Waals surface area contributed by atoms with E-state index in [2.05, 4.69) is 5.32 Å². The highest BCUT2D eigenvalue weighted by atomic mass is 16.1. The molecule has 0 aliphatic rings. The van der Waals surface area contributed by atoms with Crippen molar-refractivity contribution in [2.24, 2.45) is 5.73 Å². The van der Waals surface area contributed by atoms with E-state index in [-0.39, 0.29) is 12.3 Å². The number of Topliss-reactive ketones (excluding diaryl/α,β-unsaturated/α-hetero) is 1. The van der Waals surface area contributed by atoms with Crippen LogP contribution in [-0.2, 0) is 9.59 Å². The second-order valence-corrected chi connectivity index (χ2v) is 1.82. The van der Waals surface area contributed by atoms with E-state index in [9.17, 15) is 9.59 Å². The van der Waals surface area contributed by atoms with Gasteiger partial charge in [-0.05, 0) is 6.92 Å². The Morgan fingerprint density at radius 3 is 2.60 bits per heavy atom. The van der Waals surface area contributed by atoms with E-state index in [1.54, 1.807) is 0 Å². The molecule has 4 nitrogen and oxygen atoms in total. The fourth-order valence-electron chi connectivity index (χ4n) is 0.344. The lowest BCUT2D eigenvalue weighted by Crippen LogP contribution is -2.16. The molecule has 0 fully saturated rings. The van der Waals surface area contributed by atoms with Crippen molar-refractivity contribution in [2.45, 2.75) is 6.92 Å². The first-order valence-corrected chi connectivity index (χ1v) is 2.81. The molecule has 0 aromatic heterocycles. The lowest BCUT2D eigenvalue weighted by Gasteiger charge is -1.91. The predicted octanol–water partition coefficient (Wildman–Crippen LogP) is -0.836. The second kappa shape index (κ2) is 4.55. The number of hydrogen-bond acceptors (Lipinski definition) is 3. The first-order chi connectivity index (χ1) is 4.63. The van der Waals surface area contributed by atoms with Gasteiger partial charge in [0.1, 0.15) is 5.78 Å². The number of nitrogens with two attached hydrogens (primary N) is 1. The quantitative estimate of drug-likeness (QED) is 0.503. The van der Waals surface area contributed by atoms with Gasteiger partial charge in [0, 0.05) is 12.3 Å². The summed E-state index contributed by atoms with van der Waals surface area (Å²) in [6, 6.07) is 0. The third kappa shape index (κ3) is 6.68. The number of carbonyl (C=O) groups is 2. The van der Waals surface area contributed by atoms with Crippen LogP contribution in [0, 0.1) is 0 Å². The van der Waals surface area contributed by atoms with Crippen molar-refractivity contribution in [2.75, 3.05) is 6.54 Å². The zero-order valence-corrected chi connectivity index (χ0v) is 5.76. The molecular formula is C6H10N2O2. The Morgan fingerprint density at radius 1 is 1.60 bits per heavy atom. The third-order valence-electron chi connectivity index (χ3n) is 0.716. The Labute approximate surface area is 59.1 Å². The number of primary amides is 1. The molecule has 0 saturated carbocycles. The van der Waals surface area contributed by atoms with E-state index in [1.165, 1.54) is 13.1 Å². The van der Waals surface area contributed by atoms with Crippen LogP contribution < -0.4 is 11.1 Å². The number of hydrogen-bond donors (Lipinski definition) is 2. The summed E-state index contributed by atoms with van der Waals surface area (Å²) in [6.45, 7) is 1.68. The monoisotopic (exact) mass is 142 g/mol. The highest BCUT2D eigenvalue weighted by molar-refractivity contribution is 5.85. The molecule has 4 heteroatoms. The average molecular weight is 142 g/mol. The Bertz CT molecular complexity index is 163. The van der Waals surface area contributed by atoms with Gasteiger partial charge in [-0.25, -0.2) is 0 Å². The first kappa shape index (κ1) is 8.68. The SMILES string of the molecule is CC(=O)CN/C=C\C(N)=O. The van der Waals surface area contributed by atoms with Gasteiger partial charge in [0.2, 0.25) is 5.91 Å². The number of amides is 1. The lowest BCUT2D eigenvalue weighted by atomic mass is 10.4. The maximum absolute atomic E-state index is 10.3. The van der Waals surface area contributed by atoms with Crippen LogP contribution in [0.1, 0.15) is 6.92 Å². The Balaban J connectivity index is 3.36. The van der Waals surface area contributed by atoms with Gasteiger partial charge in [-0.3, -0.25) is 9.59 Å². The number of carbonyl (C=O) groups excluding carboxylic acids is 2. The number of nitrogens with one attached hydrogen (secondary N) is 1. The molecule has 56 valence electrons. The number of rotatable bonds is 4. The van der Waals surface area contributed by atoms with E-state index in [4.69, 9.17) is 5.73 Å². The van der Waals surface area contributed by atoms with Crippen LogP contribution in [0.3, 0.4) is 0 Å². The van der Waals surface area contributed by atoms with Crippen LogP contribution >= 0.6 is 0 Å². The zero-order valence-electron chi connectivity index (χ0n) is 5.76. The minimum absolute atomic E-state index is 0.00844. The molecule has 0 bridgehead atoms. The van der Waals surface area contributed by atoms with Gasteiger partial charge in [-0.15, -0.1) is 0 Å². The van der Waals surface area contributed by atoms with Crippen LogP contribution in [0.4, 0.5) is 0 Å². The molecule has 0 aromatic rings. The van der Waals surface area contributed by atoms with Gasteiger partial charge in [0.15, 0.2) is 0 Å². The highest BCUT2D eigenvalue weighted by Crippen LogP contribution is 1.67. The maximum Gasteiger partial charge on any atom is 0.242 e. The molecular weight excluding hydrogens is 132 g/mol. The van der Waals surface area contributed by atoms with Gasteiger partial charge in [-0.1, -0.05) is 0 Å². The van der Waals surface area contributed by atoms with Crippen molar-refractivity contribution < 1.29 is 9.59 Å². The van der Waals surface area contributed by atoms with Gasteiger partial charge in [0.05, 0.1) is 6.54 Å². The summed E-state index contributed by atoms with van der Waals surface area (Å²) >= 11 is 0. The second-order valence-electron chi connectivity index (χ2n) is 1.82. The molecule has 0 aliphatic heterocycles. The van der Waals surface area contributed by atoms with Crippen molar-refractivity contribution in [1.29, 1.82) is 0 Å². The molecule has 0 rings (SSSR count).